The highest BCUT2D eigenvalue weighted by molar-refractivity contribution is 9.10. The van der Waals surface area contributed by atoms with E-state index in [1.807, 2.05) is 0 Å². The molecule has 9 nitrogen and oxygen atoms in total. The third-order valence-corrected chi connectivity index (χ3v) is 4.55. The van der Waals surface area contributed by atoms with E-state index in [1.54, 1.807) is 0 Å². The fraction of sp³-hybridized carbons (Fsp3) is 0.188. The molecule has 0 unspecified atom stereocenters. The van der Waals surface area contributed by atoms with E-state index in [4.69, 9.17) is 4.74 Å². The van der Waals surface area contributed by atoms with Crippen molar-refractivity contribution in [2.45, 2.75) is 13.1 Å². The number of aryl methyl sites for hydroxylation is 1. The van der Waals surface area contributed by atoms with Gasteiger partial charge in [-0.15, -0.1) is 0 Å². The Morgan fingerprint density at radius 1 is 1.34 bits per heavy atom. The number of alkyl halides is 3. The summed E-state index contributed by atoms with van der Waals surface area (Å²) < 4.78 is 45.2. The normalized spacial score (nSPS) is 11.5. The van der Waals surface area contributed by atoms with E-state index >= 15 is 0 Å². The lowest BCUT2D eigenvalue weighted by Crippen LogP contribution is -2.16. The van der Waals surface area contributed by atoms with Crippen LogP contribution in [0.5, 0.6) is 5.75 Å². The topological polar surface area (TPSA) is 112 Å². The molecule has 1 amide bonds. The number of anilines is 1. The van der Waals surface area contributed by atoms with Gasteiger partial charge in [0.1, 0.15) is 17.1 Å². The summed E-state index contributed by atoms with van der Waals surface area (Å²) >= 11 is 3.04. The number of nitro groups is 1. The molecule has 1 N–H and O–H groups in total. The van der Waals surface area contributed by atoms with Gasteiger partial charge in [-0.05, 0) is 41.1 Å². The summed E-state index contributed by atoms with van der Waals surface area (Å²) in [6, 6.07) is 4.51. The lowest BCUT2D eigenvalue weighted by molar-refractivity contribution is -0.384. The summed E-state index contributed by atoms with van der Waals surface area (Å²) in [7, 11) is 1.32. The first kappa shape index (κ1) is 20.5. The molecule has 3 aromatic rings. The number of amides is 1. The van der Waals surface area contributed by atoms with Crippen LogP contribution in [0.3, 0.4) is 0 Å². The molecule has 0 atom stereocenters. The Labute approximate surface area is 168 Å². The fourth-order valence-corrected chi connectivity index (χ4v) is 3.05. The summed E-state index contributed by atoms with van der Waals surface area (Å²) in [5, 5.41) is 17.2. The molecular formula is C16H11BrF3N5O4. The number of nitrogens with one attached hydrogen (secondary N) is 1. The minimum absolute atomic E-state index is 0.0724. The Kier molecular flexibility index (Phi) is 5.17. The number of halogens is 4. The molecule has 2 aromatic heterocycles. The molecule has 29 heavy (non-hydrogen) atoms. The van der Waals surface area contributed by atoms with Crippen molar-refractivity contribution in [1.29, 1.82) is 0 Å². The molecule has 13 heteroatoms. The monoisotopic (exact) mass is 473 g/mol. The van der Waals surface area contributed by atoms with Crippen LogP contribution in [0.25, 0.3) is 5.65 Å². The number of fused-ring (bicyclic) bond motifs is 1. The molecule has 0 saturated carbocycles. The zero-order valence-corrected chi connectivity index (χ0v) is 16.3. The van der Waals surface area contributed by atoms with Gasteiger partial charge in [-0.25, -0.2) is 9.50 Å². The molecule has 0 fully saturated rings. The van der Waals surface area contributed by atoms with E-state index in [-0.39, 0.29) is 27.3 Å². The Morgan fingerprint density at radius 2 is 2.03 bits per heavy atom. The third kappa shape index (κ3) is 3.85. The molecule has 0 saturated heterocycles. The summed E-state index contributed by atoms with van der Waals surface area (Å²) in [5.41, 5.74) is -2.31. The van der Waals surface area contributed by atoms with Gasteiger partial charge in [0.05, 0.1) is 22.6 Å². The van der Waals surface area contributed by atoms with Gasteiger partial charge < -0.3 is 10.1 Å². The predicted octanol–water partition coefficient (Wildman–Crippen LogP) is 3.99. The predicted molar refractivity (Wildman–Crippen MR) is 98.0 cm³/mol. The second kappa shape index (κ2) is 7.31. The first-order valence-corrected chi connectivity index (χ1v) is 8.59. The van der Waals surface area contributed by atoms with E-state index in [0.29, 0.717) is 4.52 Å². The molecule has 0 aliphatic rings. The van der Waals surface area contributed by atoms with Gasteiger partial charge in [0.25, 0.3) is 11.6 Å². The summed E-state index contributed by atoms with van der Waals surface area (Å²) in [5.74, 6) is -0.764. The van der Waals surface area contributed by atoms with Crippen molar-refractivity contribution in [2.75, 3.05) is 12.4 Å². The highest BCUT2D eigenvalue weighted by atomic mass is 79.9. The number of nitro benzene ring substituents is 1. The van der Waals surface area contributed by atoms with E-state index in [0.717, 1.165) is 12.1 Å². The van der Waals surface area contributed by atoms with Crippen LogP contribution in [-0.2, 0) is 6.18 Å². The van der Waals surface area contributed by atoms with Crippen molar-refractivity contribution in [2.24, 2.45) is 0 Å². The second-order valence-electron chi connectivity index (χ2n) is 5.77. The minimum Gasteiger partial charge on any atom is -0.496 e. The van der Waals surface area contributed by atoms with Crippen LogP contribution < -0.4 is 10.1 Å². The first-order chi connectivity index (χ1) is 13.5. The van der Waals surface area contributed by atoms with Gasteiger partial charge in [0.15, 0.2) is 11.3 Å². The maximum Gasteiger partial charge on any atom is 0.433 e. The molecule has 0 aliphatic heterocycles. The Hall–Kier alpha value is -3.22. The lowest BCUT2D eigenvalue weighted by atomic mass is 10.2. The summed E-state index contributed by atoms with van der Waals surface area (Å²) in [4.78, 5) is 27.1. The number of aromatic nitrogens is 3. The largest absolute Gasteiger partial charge is 0.496 e. The fourth-order valence-electron chi connectivity index (χ4n) is 2.54. The summed E-state index contributed by atoms with van der Waals surface area (Å²) in [6.45, 7) is 1.37. The van der Waals surface area contributed by atoms with E-state index < -0.39 is 34.1 Å². The van der Waals surface area contributed by atoms with E-state index in [9.17, 15) is 28.1 Å². The average molecular weight is 474 g/mol. The molecule has 152 valence electrons. The Balaban J connectivity index is 2.07. The minimum atomic E-state index is -4.74. The van der Waals surface area contributed by atoms with Gasteiger partial charge in [-0.1, -0.05) is 0 Å². The third-order valence-electron chi connectivity index (χ3n) is 3.82. The number of carbonyl (C=O) groups excluding carboxylic acids is 1. The summed E-state index contributed by atoms with van der Waals surface area (Å²) in [6.07, 6.45) is -4.74. The van der Waals surface area contributed by atoms with Gasteiger partial charge in [0, 0.05) is 5.69 Å². The zero-order chi connectivity index (χ0) is 21.5. The number of rotatable bonds is 4. The molecule has 0 bridgehead atoms. The smallest absolute Gasteiger partial charge is 0.433 e. The van der Waals surface area contributed by atoms with Crippen LogP contribution >= 0.6 is 15.9 Å². The van der Waals surface area contributed by atoms with Crippen molar-refractivity contribution in [3.05, 3.63) is 55.9 Å². The van der Waals surface area contributed by atoms with Crippen LogP contribution in [-0.4, -0.2) is 32.5 Å². The quantitative estimate of drug-likeness (QED) is 0.452. The highest BCUT2D eigenvalue weighted by Gasteiger charge is 2.36. The van der Waals surface area contributed by atoms with Crippen LogP contribution in [0.2, 0.25) is 0 Å². The first-order valence-electron chi connectivity index (χ1n) is 7.79. The number of ether oxygens (including phenoxy) is 1. The molecule has 2 heterocycles. The second-order valence-corrected chi connectivity index (χ2v) is 6.57. The Morgan fingerprint density at radius 3 is 2.62 bits per heavy atom. The standard InChI is InChI=1S/C16H11BrF3N5O4/c1-7-5-11(16(18,19)20)24-14(21-7)12(17)13(23-24)15(26)22-9-4-3-8(29-2)6-10(9)25(27)28/h3-6H,1-2H3,(H,22,26). The molecule has 0 aliphatic carbocycles. The molecule has 0 spiro atoms. The van der Waals surface area contributed by atoms with Crippen LogP contribution in [0.1, 0.15) is 21.9 Å². The Bertz CT molecular complexity index is 1150. The van der Waals surface area contributed by atoms with E-state index in [1.165, 1.54) is 26.2 Å². The molecule has 1 aromatic carbocycles. The molecule has 0 radical (unpaired) electrons. The van der Waals surface area contributed by atoms with Gasteiger partial charge in [-0.3, -0.25) is 14.9 Å². The number of carbonyl (C=O) groups is 1. The van der Waals surface area contributed by atoms with Crippen molar-refractivity contribution < 1.29 is 27.6 Å². The van der Waals surface area contributed by atoms with Gasteiger partial charge in [0.2, 0.25) is 0 Å². The zero-order valence-electron chi connectivity index (χ0n) is 14.7. The molecule has 3 rings (SSSR count). The highest BCUT2D eigenvalue weighted by Crippen LogP contribution is 2.33. The number of nitrogens with zero attached hydrogens (tertiary/aromatic N) is 4. The average Bonchev–Trinajstić information content (AvgIpc) is 2.97. The van der Waals surface area contributed by atoms with Crippen LogP contribution in [0.15, 0.2) is 28.7 Å². The number of benzene rings is 1. The number of hydrogen-bond acceptors (Lipinski definition) is 6. The van der Waals surface area contributed by atoms with E-state index in [2.05, 4.69) is 31.3 Å². The van der Waals surface area contributed by atoms with Crippen molar-refractivity contribution in [3.63, 3.8) is 0 Å². The van der Waals surface area contributed by atoms with Crippen LogP contribution in [0.4, 0.5) is 24.5 Å². The lowest BCUT2D eigenvalue weighted by Gasteiger charge is -2.09. The van der Waals surface area contributed by atoms with Gasteiger partial charge in [-0.2, -0.15) is 18.3 Å². The van der Waals surface area contributed by atoms with Crippen molar-refractivity contribution in [3.8, 4) is 5.75 Å². The van der Waals surface area contributed by atoms with Crippen molar-refractivity contribution >= 4 is 38.9 Å². The maximum absolute atomic E-state index is 13.3. The van der Waals surface area contributed by atoms with Crippen molar-refractivity contribution in [1.82, 2.24) is 14.6 Å². The number of hydrogen-bond donors (Lipinski definition) is 1. The van der Waals surface area contributed by atoms with Gasteiger partial charge >= 0.3 is 6.18 Å². The van der Waals surface area contributed by atoms with Crippen LogP contribution in [0, 0.1) is 17.0 Å². The maximum atomic E-state index is 13.3. The number of methoxy groups -OCH3 is 1. The SMILES string of the molecule is COc1ccc(NC(=O)c2nn3c(C(F)(F)F)cc(C)nc3c2Br)c([N+](=O)[O-])c1. The molecular weight excluding hydrogens is 463 g/mol.